The third-order valence-electron chi connectivity index (χ3n) is 3.55. The summed E-state index contributed by atoms with van der Waals surface area (Å²) in [4.78, 5) is 13.8. The minimum Gasteiger partial charge on any atom is -0.477 e. The molecule has 0 aliphatic rings. The molecule has 6 nitrogen and oxygen atoms in total. The van der Waals surface area contributed by atoms with Crippen LogP contribution in [0.3, 0.4) is 0 Å². The maximum absolute atomic E-state index is 12.6. The zero-order chi connectivity index (χ0) is 15.7. The summed E-state index contributed by atoms with van der Waals surface area (Å²) >= 11 is 0. The van der Waals surface area contributed by atoms with Gasteiger partial charge < -0.3 is 10.1 Å². The van der Waals surface area contributed by atoms with Gasteiger partial charge in [0.25, 0.3) is 0 Å². The predicted octanol–water partition coefficient (Wildman–Crippen LogP) is 2.14. The van der Waals surface area contributed by atoms with Crippen LogP contribution in [0, 0.1) is 13.8 Å². The van der Waals surface area contributed by atoms with Crippen molar-refractivity contribution >= 4 is 16.0 Å². The van der Waals surface area contributed by atoms with Crippen LogP contribution in [0.1, 0.15) is 48.4 Å². The van der Waals surface area contributed by atoms with Crippen LogP contribution < -0.4 is 0 Å². The van der Waals surface area contributed by atoms with Gasteiger partial charge in [0.15, 0.2) is 0 Å². The number of carboxylic acid groups (broad SMARTS) is 1. The minimum atomic E-state index is -3.70. The standard InChI is InChI=1S/C13H22N2O4S/c1-6-7-8(2)15(5)20(18,19)12-9(3)11(13(16)17)14-10(12)4/h8,14H,6-7H2,1-5H3,(H,16,17). The van der Waals surface area contributed by atoms with Gasteiger partial charge in [-0.25, -0.2) is 13.2 Å². The highest BCUT2D eigenvalue weighted by Crippen LogP contribution is 2.27. The average molecular weight is 302 g/mol. The van der Waals surface area contributed by atoms with Crippen molar-refractivity contribution in [2.75, 3.05) is 7.05 Å². The second kappa shape index (κ2) is 5.97. The van der Waals surface area contributed by atoms with E-state index in [-0.39, 0.29) is 22.2 Å². The molecule has 1 rings (SSSR count). The number of hydrogen-bond donors (Lipinski definition) is 2. The monoisotopic (exact) mass is 302 g/mol. The number of sulfonamides is 1. The van der Waals surface area contributed by atoms with Crippen LogP contribution in [0.4, 0.5) is 0 Å². The Balaban J connectivity index is 3.33. The first kappa shape index (κ1) is 16.7. The molecule has 7 heteroatoms. The molecule has 0 radical (unpaired) electrons. The topological polar surface area (TPSA) is 90.5 Å². The Morgan fingerprint density at radius 2 is 1.95 bits per heavy atom. The van der Waals surface area contributed by atoms with Gasteiger partial charge in [0.1, 0.15) is 10.6 Å². The average Bonchev–Trinajstić information content (AvgIpc) is 2.64. The lowest BCUT2D eigenvalue weighted by molar-refractivity contribution is 0.0690. The van der Waals surface area contributed by atoms with Crippen molar-refractivity contribution < 1.29 is 18.3 Å². The lowest BCUT2D eigenvalue weighted by atomic mass is 10.2. The summed E-state index contributed by atoms with van der Waals surface area (Å²) in [5.41, 5.74) is 0.540. The van der Waals surface area contributed by atoms with Crippen molar-refractivity contribution in [3.63, 3.8) is 0 Å². The van der Waals surface area contributed by atoms with Gasteiger partial charge in [0.2, 0.25) is 10.0 Å². The molecule has 0 spiro atoms. The van der Waals surface area contributed by atoms with Crippen LogP contribution in [-0.4, -0.2) is 41.9 Å². The van der Waals surface area contributed by atoms with Crippen LogP contribution in [0.5, 0.6) is 0 Å². The van der Waals surface area contributed by atoms with E-state index in [1.54, 1.807) is 6.92 Å². The molecule has 0 aliphatic carbocycles. The minimum absolute atomic E-state index is 0.0698. The van der Waals surface area contributed by atoms with E-state index >= 15 is 0 Å². The van der Waals surface area contributed by atoms with E-state index in [1.807, 2.05) is 13.8 Å². The maximum atomic E-state index is 12.6. The van der Waals surface area contributed by atoms with Gasteiger partial charge >= 0.3 is 5.97 Å². The zero-order valence-corrected chi connectivity index (χ0v) is 13.3. The second-order valence-electron chi connectivity index (χ2n) is 5.04. The molecule has 1 heterocycles. The normalized spacial score (nSPS) is 13.7. The SMILES string of the molecule is CCCC(C)N(C)S(=O)(=O)c1c(C)[nH]c(C(=O)O)c1C. The Bertz CT molecular complexity index is 604. The summed E-state index contributed by atoms with van der Waals surface area (Å²) in [6.07, 6.45) is 1.64. The lowest BCUT2D eigenvalue weighted by Crippen LogP contribution is -2.35. The summed E-state index contributed by atoms with van der Waals surface area (Å²) in [6, 6.07) is -0.132. The Labute approximate surface area is 119 Å². The smallest absolute Gasteiger partial charge is 0.352 e. The van der Waals surface area contributed by atoms with Gasteiger partial charge in [-0.2, -0.15) is 4.31 Å². The molecule has 0 bridgehead atoms. The molecule has 1 aromatic rings. The number of hydrogen-bond acceptors (Lipinski definition) is 3. The van der Waals surface area contributed by atoms with Gasteiger partial charge in [-0.1, -0.05) is 13.3 Å². The van der Waals surface area contributed by atoms with Crippen molar-refractivity contribution in [1.29, 1.82) is 0 Å². The number of nitrogens with zero attached hydrogens (tertiary/aromatic N) is 1. The Morgan fingerprint density at radius 3 is 2.35 bits per heavy atom. The summed E-state index contributed by atoms with van der Waals surface area (Å²) in [6.45, 7) is 6.92. The lowest BCUT2D eigenvalue weighted by Gasteiger charge is -2.24. The van der Waals surface area contributed by atoms with Gasteiger partial charge in [-0.05, 0) is 27.2 Å². The number of H-pyrrole nitrogens is 1. The van der Waals surface area contributed by atoms with E-state index < -0.39 is 16.0 Å². The number of aryl methyl sites for hydroxylation is 1. The number of aromatic carboxylic acids is 1. The van der Waals surface area contributed by atoms with E-state index in [0.29, 0.717) is 5.69 Å². The van der Waals surface area contributed by atoms with E-state index in [2.05, 4.69) is 4.98 Å². The number of carboxylic acids is 1. The molecule has 20 heavy (non-hydrogen) atoms. The molecule has 1 unspecified atom stereocenters. The number of aromatic amines is 1. The summed E-state index contributed by atoms with van der Waals surface area (Å²) in [5.74, 6) is -1.16. The molecule has 114 valence electrons. The first-order valence-electron chi connectivity index (χ1n) is 6.55. The molecule has 0 aromatic carbocycles. The number of aromatic nitrogens is 1. The highest BCUT2D eigenvalue weighted by atomic mass is 32.2. The zero-order valence-electron chi connectivity index (χ0n) is 12.5. The Kier molecular flexibility index (Phi) is 4.99. The van der Waals surface area contributed by atoms with Gasteiger partial charge in [-0.15, -0.1) is 0 Å². The van der Waals surface area contributed by atoms with Gasteiger partial charge in [0.05, 0.1) is 0 Å². The quantitative estimate of drug-likeness (QED) is 0.842. The second-order valence-corrected chi connectivity index (χ2v) is 6.98. The first-order valence-corrected chi connectivity index (χ1v) is 7.99. The fraction of sp³-hybridized carbons (Fsp3) is 0.615. The molecule has 0 fully saturated rings. The third kappa shape index (κ3) is 2.88. The number of rotatable bonds is 6. The molecule has 0 saturated heterocycles. The fourth-order valence-electron chi connectivity index (χ4n) is 2.31. The molecule has 0 saturated carbocycles. The van der Waals surface area contributed by atoms with Crippen LogP contribution in [-0.2, 0) is 10.0 Å². The van der Waals surface area contributed by atoms with Crippen LogP contribution in [0.15, 0.2) is 4.90 Å². The van der Waals surface area contributed by atoms with Crippen LogP contribution >= 0.6 is 0 Å². The van der Waals surface area contributed by atoms with E-state index in [9.17, 15) is 13.2 Å². The summed E-state index contributed by atoms with van der Waals surface area (Å²) in [5, 5.41) is 9.06. The largest absolute Gasteiger partial charge is 0.477 e. The first-order chi connectivity index (χ1) is 9.14. The van der Waals surface area contributed by atoms with Crippen molar-refractivity contribution in [2.24, 2.45) is 0 Å². The number of nitrogens with one attached hydrogen (secondary N) is 1. The summed E-state index contributed by atoms with van der Waals surface area (Å²) in [7, 11) is -2.17. The third-order valence-corrected chi connectivity index (χ3v) is 5.79. The van der Waals surface area contributed by atoms with E-state index in [0.717, 1.165) is 12.8 Å². The van der Waals surface area contributed by atoms with Crippen LogP contribution in [0.25, 0.3) is 0 Å². The summed E-state index contributed by atoms with van der Waals surface area (Å²) < 4.78 is 26.6. The molecule has 1 aromatic heterocycles. The fourth-order valence-corrected chi connectivity index (χ4v) is 4.11. The molecule has 1 atom stereocenters. The Hall–Kier alpha value is -1.34. The molecule has 0 amide bonds. The number of carbonyl (C=O) groups is 1. The Morgan fingerprint density at radius 1 is 1.40 bits per heavy atom. The van der Waals surface area contributed by atoms with E-state index in [4.69, 9.17) is 5.11 Å². The highest BCUT2D eigenvalue weighted by Gasteiger charge is 2.31. The van der Waals surface area contributed by atoms with Crippen molar-refractivity contribution in [3.8, 4) is 0 Å². The molecule has 2 N–H and O–H groups in total. The van der Waals surface area contributed by atoms with Crippen LogP contribution in [0.2, 0.25) is 0 Å². The molecular formula is C13H22N2O4S. The highest BCUT2D eigenvalue weighted by molar-refractivity contribution is 7.89. The maximum Gasteiger partial charge on any atom is 0.352 e. The molecule has 0 aliphatic heterocycles. The van der Waals surface area contributed by atoms with Crippen molar-refractivity contribution in [2.45, 2.75) is 51.5 Å². The predicted molar refractivity (Wildman–Crippen MR) is 76.5 cm³/mol. The molecular weight excluding hydrogens is 280 g/mol. The van der Waals surface area contributed by atoms with Crippen molar-refractivity contribution in [3.05, 3.63) is 17.0 Å². The van der Waals surface area contributed by atoms with Gasteiger partial charge in [0, 0.05) is 24.3 Å². The van der Waals surface area contributed by atoms with E-state index in [1.165, 1.54) is 18.3 Å². The van der Waals surface area contributed by atoms with Crippen molar-refractivity contribution in [1.82, 2.24) is 9.29 Å². The van der Waals surface area contributed by atoms with Gasteiger partial charge in [-0.3, -0.25) is 0 Å².